The van der Waals surface area contributed by atoms with E-state index in [4.69, 9.17) is 0 Å². The third kappa shape index (κ3) is 4.96. The first-order valence-electron chi connectivity index (χ1n) is 5.38. The molecular formula is C12H18FNOS. The molecule has 1 atom stereocenters. The summed E-state index contributed by atoms with van der Waals surface area (Å²) in [4.78, 5) is 0.589. The second-order valence-corrected chi connectivity index (χ2v) is 5.02. The van der Waals surface area contributed by atoms with Crippen LogP contribution in [0.5, 0.6) is 0 Å². The summed E-state index contributed by atoms with van der Waals surface area (Å²) >= 11 is 1.34. The van der Waals surface area contributed by atoms with Crippen molar-refractivity contribution in [3.63, 3.8) is 0 Å². The smallest absolute Gasteiger partial charge is 0.136 e. The molecule has 0 aromatic heterocycles. The highest BCUT2D eigenvalue weighted by molar-refractivity contribution is 7.99. The summed E-state index contributed by atoms with van der Waals surface area (Å²) < 4.78 is 13.2. The predicted molar refractivity (Wildman–Crippen MR) is 66.3 cm³/mol. The van der Waals surface area contributed by atoms with E-state index >= 15 is 0 Å². The number of hydrogen-bond donors (Lipinski definition) is 2. The molecule has 1 rings (SSSR count). The van der Waals surface area contributed by atoms with Crippen LogP contribution in [0.3, 0.4) is 0 Å². The van der Waals surface area contributed by atoms with Crippen molar-refractivity contribution in [1.29, 1.82) is 0 Å². The van der Waals surface area contributed by atoms with Gasteiger partial charge in [0.25, 0.3) is 0 Å². The normalized spacial score (nSPS) is 13.1. The van der Waals surface area contributed by atoms with Crippen LogP contribution in [-0.2, 0) is 0 Å². The van der Waals surface area contributed by atoms with Crippen LogP contribution in [0.25, 0.3) is 0 Å². The molecule has 0 aliphatic rings. The number of rotatable bonds is 6. The van der Waals surface area contributed by atoms with Crippen LogP contribution in [0.4, 0.5) is 4.39 Å². The van der Waals surface area contributed by atoms with Crippen LogP contribution in [0.1, 0.15) is 13.8 Å². The van der Waals surface area contributed by atoms with Gasteiger partial charge in [0.1, 0.15) is 5.82 Å². The van der Waals surface area contributed by atoms with E-state index in [0.717, 1.165) is 0 Å². The van der Waals surface area contributed by atoms with Crippen LogP contribution < -0.4 is 5.32 Å². The number of nitrogens with one attached hydrogen (secondary N) is 1. The Morgan fingerprint density at radius 2 is 2.06 bits per heavy atom. The SMILES string of the molecule is CC(C)NCC(O)CSc1ccccc1F. The lowest BCUT2D eigenvalue weighted by Crippen LogP contribution is -2.33. The van der Waals surface area contributed by atoms with Crippen molar-refractivity contribution in [2.24, 2.45) is 0 Å². The van der Waals surface area contributed by atoms with Crippen LogP contribution >= 0.6 is 11.8 Å². The monoisotopic (exact) mass is 243 g/mol. The van der Waals surface area contributed by atoms with Gasteiger partial charge < -0.3 is 10.4 Å². The lowest BCUT2D eigenvalue weighted by molar-refractivity contribution is 0.192. The molecule has 0 fully saturated rings. The first kappa shape index (κ1) is 13.5. The van der Waals surface area contributed by atoms with E-state index in [2.05, 4.69) is 5.32 Å². The van der Waals surface area contributed by atoms with Crippen molar-refractivity contribution in [2.75, 3.05) is 12.3 Å². The van der Waals surface area contributed by atoms with E-state index < -0.39 is 6.10 Å². The molecule has 0 saturated carbocycles. The Hall–Kier alpha value is -0.580. The van der Waals surface area contributed by atoms with Crippen molar-refractivity contribution in [1.82, 2.24) is 5.32 Å². The first-order valence-corrected chi connectivity index (χ1v) is 6.37. The fraction of sp³-hybridized carbons (Fsp3) is 0.500. The summed E-state index contributed by atoms with van der Waals surface area (Å²) in [5.41, 5.74) is 0. The Morgan fingerprint density at radius 1 is 1.38 bits per heavy atom. The van der Waals surface area contributed by atoms with Gasteiger partial charge in [0.15, 0.2) is 0 Å². The van der Waals surface area contributed by atoms with Crippen LogP contribution in [0, 0.1) is 5.82 Å². The highest BCUT2D eigenvalue weighted by atomic mass is 32.2. The second kappa shape index (κ2) is 6.89. The Kier molecular flexibility index (Phi) is 5.80. The fourth-order valence-electron chi connectivity index (χ4n) is 1.18. The van der Waals surface area contributed by atoms with Gasteiger partial charge in [-0.1, -0.05) is 26.0 Å². The molecule has 0 aliphatic carbocycles. The molecule has 0 bridgehead atoms. The van der Waals surface area contributed by atoms with Gasteiger partial charge in [0, 0.05) is 23.2 Å². The molecule has 2 N–H and O–H groups in total. The third-order valence-corrected chi connectivity index (χ3v) is 3.22. The molecule has 1 aromatic rings. The number of hydrogen-bond acceptors (Lipinski definition) is 3. The van der Waals surface area contributed by atoms with Gasteiger partial charge in [-0.15, -0.1) is 11.8 Å². The highest BCUT2D eigenvalue weighted by Crippen LogP contribution is 2.21. The van der Waals surface area contributed by atoms with Crippen LogP contribution in [0.15, 0.2) is 29.2 Å². The van der Waals surface area contributed by atoms with E-state index in [1.807, 2.05) is 13.8 Å². The lowest BCUT2D eigenvalue weighted by atomic mass is 10.3. The number of benzene rings is 1. The van der Waals surface area contributed by atoms with Crippen molar-refractivity contribution in [3.05, 3.63) is 30.1 Å². The van der Waals surface area contributed by atoms with Gasteiger partial charge in [-0.3, -0.25) is 0 Å². The standard InChI is InChI=1S/C12H18FNOS/c1-9(2)14-7-10(15)8-16-12-6-4-3-5-11(12)13/h3-6,9-10,14-15H,7-8H2,1-2H3. The molecule has 0 spiro atoms. The minimum absolute atomic E-state index is 0.225. The number of aliphatic hydroxyl groups is 1. The molecule has 0 heterocycles. The van der Waals surface area contributed by atoms with Gasteiger partial charge >= 0.3 is 0 Å². The van der Waals surface area contributed by atoms with E-state index in [9.17, 15) is 9.50 Å². The lowest BCUT2D eigenvalue weighted by Gasteiger charge is -2.13. The average molecular weight is 243 g/mol. The molecule has 1 unspecified atom stereocenters. The molecule has 0 radical (unpaired) electrons. The second-order valence-electron chi connectivity index (χ2n) is 3.96. The summed E-state index contributed by atoms with van der Waals surface area (Å²) in [5, 5.41) is 12.8. The summed E-state index contributed by atoms with van der Waals surface area (Å²) in [5.74, 6) is 0.275. The molecule has 4 heteroatoms. The summed E-state index contributed by atoms with van der Waals surface area (Å²) in [7, 11) is 0. The zero-order valence-corrected chi connectivity index (χ0v) is 10.4. The Morgan fingerprint density at radius 3 is 2.69 bits per heavy atom. The van der Waals surface area contributed by atoms with E-state index in [0.29, 0.717) is 23.2 Å². The minimum atomic E-state index is -0.452. The highest BCUT2D eigenvalue weighted by Gasteiger charge is 2.07. The van der Waals surface area contributed by atoms with Gasteiger partial charge in [-0.2, -0.15) is 0 Å². The number of thioether (sulfide) groups is 1. The maximum atomic E-state index is 13.2. The van der Waals surface area contributed by atoms with Gasteiger partial charge in [-0.05, 0) is 12.1 Å². The quantitative estimate of drug-likeness (QED) is 0.752. The zero-order chi connectivity index (χ0) is 12.0. The van der Waals surface area contributed by atoms with Crippen molar-refractivity contribution in [2.45, 2.75) is 30.9 Å². The fourth-order valence-corrected chi connectivity index (χ4v) is 2.05. The van der Waals surface area contributed by atoms with Gasteiger partial charge in [0.2, 0.25) is 0 Å². The Bertz CT molecular complexity index is 320. The van der Waals surface area contributed by atoms with Crippen molar-refractivity contribution < 1.29 is 9.50 Å². The van der Waals surface area contributed by atoms with E-state index in [1.54, 1.807) is 18.2 Å². The van der Waals surface area contributed by atoms with E-state index in [1.165, 1.54) is 17.8 Å². The minimum Gasteiger partial charge on any atom is -0.391 e. The van der Waals surface area contributed by atoms with Gasteiger partial charge in [0.05, 0.1) is 6.10 Å². The summed E-state index contributed by atoms with van der Waals surface area (Å²) in [6, 6.07) is 6.97. The Labute approximate surface area is 100 Å². The predicted octanol–water partition coefficient (Wildman–Crippen LogP) is 2.28. The van der Waals surface area contributed by atoms with Crippen LogP contribution in [-0.4, -0.2) is 29.5 Å². The summed E-state index contributed by atoms with van der Waals surface area (Å²) in [6.07, 6.45) is -0.452. The zero-order valence-electron chi connectivity index (χ0n) is 9.61. The molecule has 1 aromatic carbocycles. The molecule has 2 nitrogen and oxygen atoms in total. The first-order chi connectivity index (χ1) is 7.59. The maximum absolute atomic E-state index is 13.2. The number of halogens is 1. The van der Waals surface area contributed by atoms with Crippen LogP contribution in [0.2, 0.25) is 0 Å². The van der Waals surface area contributed by atoms with Gasteiger partial charge in [-0.25, -0.2) is 4.39 Å². The molecule has 0 aliphatic heterocycles. The topological polar surface area (TPSA) is 32.3 Å². The molecule has 16 heavy (non-hydrogen) atoms. The largest absolute Gasteiger partial charge is 0.391 e. The molecular weight excluding hydrogens is 225 g/mol. The van der Waals surface area contributed by atoms with Crippen molar-refractivity contribution in [3.8, 4) is 0 Å². The molecule has 0 saturated heterocycles. The summed E-state index contributed by atoms with van der Waals surface area (Å²) in [6.45, 7) is 4.59. The third-order valence-electron chi connectivity index (χ3n) is 2.03. The Balaban J connectivity index is 2.31. The molecule has 90 valence electrons. The number of aliphatic hydroxyl groups excluding tert-OH is 1. The maximum Gasteiger partial charge on any atom is 0.136 e. The van der Waals surface area contributed by atoms with E-state index in [-0.39, 0.29) is 5.82 Å². The molecule has 0 amide bonds. The average Bonchev–Trinajstić information content (AvgIpc) is 2.25. The van der Waals surface area contributed by atoms with Crippen molar-refractivity contribution >= 4 is 11.8 Å².